The fourth-order valence-corrected chi connectivity index (χ4v) is 2.13. The highest BCUT2D eigenvalue weighted by molar-refractivity contribution is 4.99. The van der Waals surface area contributed by atoms with Crippen molar-refractivity contribution in [2.24, 2.45) is 0 Å². The molecule has 1 saturated carbocycles. The van der Waals surface area contributed by atoms with E-state index >= 15 is 0 Å². The van der Waals surface area contributed by atoms with E-state index in [2.05, 4.69) is 25.7 Å². The average molecular weight is 213 g/mol. The predicted octanol–water partition coefficient (Wildman–Crippen LogP) is 1.66. The van der Waals surface area contributed by atoms with Gasteiger partial charge in [-0.1, -0.05) is 0 Å². The van der Waals surface area contributed by atoms with E-state index in [1.54, 1.807) is 0 Å². The van der Waals surface area contributed by atoms with Gasteiger partial charge in [0, 0.05) is 25.7 Å². The van der Waals surface area contributed by atoms with Gasteiger partial charge in [0.25, 0.3) is 0 Å². The van der Waals surface area contributed by atoms with Gasteiger partial charge in [-0.15, -0.1) is 0 Å². The molecule has 1 aliphatic carbocycles. The van der Waals surface area contributed by atoms with E-state index in [1.165, 1.54) is 13.0 Å². The molecule has 0 N–H and O–H groups in total. The molecular weight excluding hydrogens is 190 g/mol. The van der Waals surface area contributed by atoms with Crippen LogP contribution in [-0.4, -0.2) is 49.0 Å². The molecule has 1 unspecified atom stereocenters. The number of hydrogen-bond donors (Lipinski definition) is 0. The van der Waals surface area contributed by atoms with Crippen molar-refractivity contribution < 1.29 is 9.47 Å². The SMILES string of the molecule is CC(C)(C)OCCCN1CCOC2C[C@@H]21. The summed E-state index contributed by atoms with van der Waals surface area (Å²) in [5.74, 6) is 0. The number of hydrogen-bond acceptors (Lipinski definition) is 3. The molecule has 1 heterocycles. The number of fused-ring (bicyclic) bond motifs is 1. The van der Waals surface area contributed by atoms with Crippen molar-refractivity contribution in [2.75, 3.05) is 26.3 Å². The summed E-state index contributed by atoms with van der Waals surface area (Å²) < 4.78 is 11.3. The summed E-state index contributed by atoms with van der Waals surface area (Å²) in [5.41, 5.74) is 0.00707. The van der Waals surface area contributed by atoms with Crippen molar-refractivity contribution in [2.45, 2.75) is 51.4 Å². The molecule has 0 spiro atoms. The Kier molecular flexibility index (Phi) is 3.33. The Morgan fingerprint density at radius 1 is 1.40 bits per heavy atom. The van der Waals surface area contributed by atoms with Crippen molar-refractivity contribution >= 4 is 0 Å². The number of morpholine rings is 1. The van der Waals surface area contributed by atoms with Crippen LogP contribution in [0.3, 0.4) is 0 Å². The number of rotatable bonds is 4. The molecule has 2 atom stereocenters. The smallest absolute Gasteiger partial charge is 0.0747 e. The van der Waals surface area contributed by atoms with Gasteiger partial charge in [0.15, 0.2) is 0 Å². The molecule has 88 valence electrons. The third-order valence-corrected chi connectivity index (χ3v) is 3.00. The first-order chi connectivity index (χ1) is 7.06. The molecule has 3 heteroatoms. The van der Waals surface area contributed by atoms with Crippen molar-refractivity contribution in [1.82, 2.24) is 4.90 Å². The molecule has 0 aromatic heterocycles. The van der Waals surface area contributed by atoms with E-state index < -0.39 is 0 Å². The van der Waals surface area contributed by atoms with Gasteiger partial charge >= 0.3 is 0 Å². The van der Waals surface area contributed by atoms with Crippen LogP contribution in [0.2, 0.25) is 0 Å². The fourth-order valence-electron chi connectivity index (χ4n) is 2.13. The average Bonchev–Trinajstić information content (AvgIpc) is 2.89. The van der Waals surface area contributed by atoms with Crippen LogP contribution in [0.4, 0.5) is 0 Å². The number of ether oxygens (including phenoxy) is 2. The molecule has 2 rings (SSSR count). The van der Waals surface area contributed by atoms with E-state index in [0.717, 1.165) is 32.2 Å². The Morgan fingerprint density at radius 2 is 2.20 bits per heavy atom. The minimum absolute atomic E-state index is 0.00707. The molecule has 0 radical (unpaired) electrons. The van der Waals surface area contributed by atoms with Gasteiger partial charge in [-0.3, -0.25) is 4.90 Å². The molecule has 0 amide bonds. The molecule has 15 heavy (non-hydrogen) atoms. The summed E-state index contributed by atoms with van der Waals surface area (Å²) in [6, 6.07) is 0.730. The van der Waals surface area contributed by atoms with Crippen molar-refractivity contribution in [3.05, 3.63) is 0 Å². The Bertz CT molecular complexity index is 212. The molecule has 1 aliphatic heterocycles. The first-order valence-corrected chi connectivity index (χ1v) is 6.06. The summed E-state index contributed by atoms with van der Waals surface area (Å²) in [6.45, 7) is 10.4. The molecule has 0 aromatic carbocycles. The van der Waals surface area contributed by atoms with Crippen LogP contribution in [0.15, 0.2) is 0 Å². The maximum atomic E-state index is 5.71. The van der Waals surface area contributed by atoms with E-state index in [9.17, 15) is 0 Å². The van der Waals surface area contributed by atoms with Gasteiger partial charge < -0.3 is 9.47 Å². The van der Waals surface area contributed by atoms with Crippen LogP contribution >= 0.6 is 0 Å². The minimum atomic E-state index is 0.00707. The summed E-state index contributed by atoms with van der Waals surface area (Å²) in [5, 5.41) is 0. The van der Waals surface area contributed by atoms with E-state index in [4.69, 9.17) is 9.47 Å². The second-order valence-corrected chi connectivity index (χ2v) is 5.56. The van der Waals surface area contributed by atoms with E-state index in [-0.39, 0.29) is 5.60 Å². The maximum Gasteiger partial charge on any atom is 0.0747 e. The molecule has 1 saturated heterocycles. The Balaban J connectivity index is 1.58. The molecular formula is C12H23NO2. The largest absolute Gasteiger partial charge is 0.376 e. The predicted molar refractivity (Wildman–Crippen MR) is 60.0 cm³/mol. The summed E-state index contributed by atoms with van der Waals surface area (Å²) in [4.78, 5) is 2.56. The highest BCUT2D eigenvalue weighted by atomic mass is 16.5. The second-order valence-electron chi connectivity index (χ2n) is 5.56. The zero-order valence-corrected chi connectivity index (χ0v) is 10.2. The lowest BCUT2D eigenvalue weighted by Gasteiger charge is -2.27. The van der Waals surface area contributed by atoms with Gasteiger partial charge in [0.05, 0.1) is 18.3 Å². The highest BCUT2D eigenvalue weighted by Crippen LogP contribution is 2.34. The third-order valence-electron chi connectivity index (χ3n) is 3.00. The zero-order chi connectivity index (χ0) is 10.9. The van der Waals surface area contributed by atoms with Crippen LogP contribution in [0.25, 0.3) is 0 Å². The zero-order valence-electron chi connectivity index (χ0n) is 10.2. The Morgan fingerprint density at radius 3 is 2.93 bits per heavy atom. The maximum absolute atomic E-state index is 5.71. The molecule has 2 fully saturated rings. The molecule has 2 aliphatic rings. The first-order valence-electron chi connectivity index (χ1n) is 6.06. The normalized spacial score (nSPS) is 31.4. The summed E-state index contributed by atoms with van der Waals surface area (Å²) in [6.07, 6.45) is 2.95. The lowest BCUT2D eigenvalue weighted by molar-refractivity contribution is -0.0137. The quantitative estimate of drug-likeness (QED) is 0.663. The van der Waals surface area contributed by atoms with Crippen molar-refractivity contribution in [1.29, 1.82) is 0 Å². The van der Waals surface area contributed by atoms with Gasteiger partial charge in [0.2, 0.25) is 0 Å². The lowest BCUT2D eigenvalue weighted by Crippen LogP contribution is -2.37. The van der Waals surface area contributed by atoms with Crippen molar-refractivity contribution in [3.8, 4) is 0 Å². The van der Waals surface area contributed by atoms with Crippen LogP contribution in [0.1, 0.15) is 33.6 Å². The molecule has 3 nitrogen and oxygen atoms in total. The van der Waals surface area contributed by atoms with Crippen LogP contribution in [0.5, 0.6) is 0 Å². The first kappa shape index (κ1) is 11.4. The summed E-state index contributed by atoms with van der Waals surface area (Å²) >= 11 is 0. The number of nitrogens with zero attached hydrogens (tertiary/aromatic N) is 1. The van der Waals surface area contributed by atoms with E-state index in [0.29, 0.717) is 6.10 Å². The van der Waals surface area contributed by atoms with Gasteiger partial charge in [-0.25, -0.2) is 0 Å². The van der Waals surface area contributed by atoms with Gasteiger partial charge in [-0.2, -0.15) is 0 Å². The van der Waals surface area contributed by atoms with Crippen LogP contribution in [0, 0.1) is 0 Å². The van der Waals surface area contributed by atoms with Gasteiger partial charge in [0.1, 0.15) is 0 Å². The van der Waals surface area contributed by atoms with Crippen LogP contribution < -0.4 is 0 Å². The monoisotopic (exact) mass is 213 g/mol. The topological polar surface area (TPSA) is 21.7 Å². The molecule has 0 bridgehead atoms. The van der Waals surface area contributed by atoms with Crippen molar-refractivity contribution in [3.63, 3.8) is 0 Å². The standard InChI is InChI=1S/C12H23NO2/c1-12(2,3)15-7-4-5-13-6-8-14-11-9-10(11)13/h10-11H,4-9H2,1-3H3/t10-,11?/m0/s1. The van der Waals surface area contributed by atoms with E-state index in [1.807, 2.05) is 0 Å². The van der Waals surface area contributed by atoms with Gasteiger partial charge in [-0.05, 0) is 33.6 Å². The highest BCUT2D eigenvalue weighted by Gasteiger charge is 2.45. The second kappa shape index (κ2) is 4.40. The fraction of sp³-hybridized carbons (Fsp3) is 1.00. The minimum Gasteiger partial charge on any atom is -0.376 e. The lowest BCUT2D eigenvalue weighted by atomic mass is 10.2. The third kappa shape index (κ3) is 3.44. The van der Waals surface area contributed by atoms with Crippen LogP contribution in [-0.2, 0) is 9.47 Å². The molecule has 0 aromatic rings. The Hall–Kier alpha value is -0.120. The Labute approximate surface area is 92.7 Å². The summed E-state index contributed by atoms with van der Waals surface area (Å²) in [7, 11) is 0.